The van der Waals surface area contributed by atoms with Crippen molar-refractivity contribution in [2.24, 2.45) is 5.92 Å². The van der Waals surface area contributed by atoms with E-state index < -0.39 is 0 Å². The topological polar surface area (TPSA) is 12.0 Å². The van der Waals surface area contributed by atoms with Crippen LogP contribution in [0.15, 0.2) is 0 Å². The molecule has 1 rings (SSSR count). The van der Waals surface area contributed by atoms with Crippen LogP contribution in [0.3, 0.4) is 0 Å². The summed E-state index contributed by atoms with van der Waals surface area (Å²) in [6.07, 6.45) is 9.87. The third-order valence-electron chi connectivity index (χ3n) is 3.47. The van der Waals surface area contributed by atoms with Crippen molar-refractivity contribution < 1.29 is 0 Å². The van der Waals surface area contributed by atoms with E-state index in [1.54, 1.807) is 0 Å². The summed E-state index contributed by atoms with van der Waals surface area (Å²) in [6.45, 7) is 5.73. The number of rotatable bonds is 9. The molecule has 1 atom stereocenters. The van der Waals surface area contributed by atoms with E-state index in [4.69, 9.17) is 0 Å². The maximum absolute atomic E-state index is 3.67. The monoisotopic (exact) mass is 243 g/mol. The highest BCUT2D eigenvalue weighted by molar-refractivity contribution is 7.99. The zero-order valence-electron chi connectivity index (χ0n) is 11.1. The molecule has 0 aromatic heterocycles. The van der Waals surface area contributed by atoms with E-state index in [0.29, 0.717) is 0 Å². The van der Waals surface area contributed by atoms with Crippen LogP contribution in [0.25, 0.3) is 0 Å². The molecule has 0 amide bonds. The first-order chi connectivity index (χ1) is 7.86. The quantitative estimate of drug-likeness (QED) is 0.655. The zero-order valence-corrected chi connectivity index (χ0v) is 12.0. The van der Waals surface area contributed by atoms with E-state index in [9.17, 15) is 0 Å². The molecule has 2 heteroatoms. The summed E-state index contributed by atoms with van der Waals surface area (Å²) < 4.78 is 0. The molecule has 0 aromatic rings. The van der Waals surface area contributed by atoms with Crippen molar-refractivity contribution in [2.75, 3.05) is 18.1 Å². The minimum absolute atomic E-state index is 0.761. The lowest BCUT2D eigenvalue weighted by Gasteiger charge is -2.18. The van der Waals surface area contributed by atoms with Crippen LogP contribution in [-0.2, 0) is 0 Å². The van der Waals surface area contributed by atoms with Gasteiger partial charge in [0.1, 0.15) is 0 Å². The second-order valence-corrected chi connectivity index (χ2v) is 6.20. The molecule has 0 heterocycles. The highest BCUT2D eigenvalue weighted by atomic mass is 32.2. The van der Waals surface area contributed by atoms with Crippen LogP contribution in [0.5, 0.6) is 0 Å². The Labute approximate surface area is 106 Å². The molecule has 1 aliphatic rings. The van der Waals surface area contributed by atoms with E-state index in [0.717, 1.165) is 12.0 Å². The normalized spacial score (nSPS) is 19.1. The predicted molar refractivity (Wildman–Crippen MR) is 76.3 cm³/mol. The Hall–Kier alpha value is 0.310. The number of hydrogen-bond donors (Lipinski definition) is 1. The van der Waals surface area contributed by atoms with Gasteiger partial charge >= 0.3 is 0 Å². The van der Waals surface area contributed by atoms with Gasteiger partial charge in [0.2, 0.25) is 0 Å². The fourth-order valence-electron chi connectivity index (χ4n) is 2.50. The van der Waals surface area contributed by atoms with Gasteiger partial charge in [0, 0.05) is 11.8 Å². The van der Waals surface area contributed by atoms with Crippen molar-refractivity contribution in [3.05, 3.63) is 0 Å². The molecule has 0 aromatic carbocycles. The van der Waals surface area contributed by atoms with Crippen LogP contribution < -0.4 is 5.32 Å². The van der Waals surface area contributed by atoms with Gasteiger partial charge in [-0.2, -0.15) is 11.8 Å². The Morgan fingerprint density at radius 2 is 1.94 bits per heavy atom. The van der Waals surface area contributed by atoms with E-state index >= 15 is 0 Å². The molecule has 16 heavy (non-hydrogen) atoms. The first-order valence-electron chi connectivity index (χ1n) is 7.18. The number of nitrogens with one attached hydrogen (secondary N) is 1. The molecule has 0 spiro atoms. The summed E-state index contributed by atoms with van der Waals surface area (Å²) in [5.41, 5.74) is 0. The summed E-state index contributed by atoms with van der Waals surface area (Å²) in [5, 5.41) is 3.67. The second kappa shape index (κ2) is 9.35. The van der Waals surface area contributed by atoms with Crippen LogP contribution in [0.4, 0.5) is 0 Å². The number of hydrogen-bond acceptors (Lipinski definition) is 2. The van der Waals surface area contributed by atoms with Crippen molar-refractivity contribution >= 4 is 11.8 Å². The molecule has 0 aliphatic heterocycles. The van der Waals surface area contributed by atoms with Crippen LogP contribution in [0.2, 0.25) is 0 Å². The van der Waals surface area contributed by atoms with Crippen LogP contribution in [-0.4, -0.2) is 24.1 Å². The summed E-state index contributed by atoms with van der Waals surface area (Å²) in [6, 6.07) is 0.761. The Morgan fingerprint density at radius 1 is 1.19 bits per heavy atom. The molecular weight excluding hydrogens is 214 g/mol. The second-order valence-electron chi connectivity index (χ2n) is 5.13. The largest absolute Gasteiger partial charge is 0.313 e. The molecular formula is C14H29NS. The van der Waals surface area contributed by atoms with Gasteiger partial charge in [0.25, 0.3) is 0 Å². The average molecular weight is 243 g/mol. The smallest absolute Gasteiger partial charge is 0.0158 e. The lowest BCUT2D eigenvalue weighted by molar-refractivity contribution is 0.513. The van der Waals surface area contributed by atoms with E-state index in [-0.39, 0.29) is 0 Å². The van der Waals surface area contributed by atoms with E-state index in [1.807, 2.05) is 0 Å². The summed E-state index contributed by atoms with van der Waals surface area (Å²) >= 11 is 2.19. The van der Waals surface area contributed by atoms with Gasteiger partial charge in [-0.1, -0.05) is 33.1 Å². The molecule has 96 valence electrons. The Morgan fingerprint density at radius 3 is 2.56 bits per heavy atom. The van der Waals surface area contributed by atoms with E-state index in [1.165, 1.54) is 63.0 Å². The maximum Gasteiger partial charge on any atom is 0.0158 e. The molecule has 1 nitrogen and oxygen atoms in total. The fourth-order valence-corrected chi connectivity index (χ4v) is 3.87. The highest BCUT2D eigenvalue weighted by Crippen LogP contribution is 2.28. The third-order valence-corrected chi connectivity index (χ3v) is 4.81. The molecule has 0 bridgehead atoms. The molecule has 0 saturated heterocycles. The van der Waals surface area contributed by atoms with Crippen molar-refractivity contribution in [1.29, 1.82) is 0 Å². The van der Waals surface area contributed by atoms with Gasteiger partial charge in [-0.05, 0) is 43.9 Å². The van der Waals surface area contributed by atoms with E-state index in [2.05, 4.69) is 30.9 Å². The highest BCUT2D eigenvalue weighted by Gasteiger charge is 2.15. The lowest BCUT2D eigenvalue weighted by Crippen LogP contribution is -2.32. The lowest BCUT2D eigenvalue weighted by atomic mass is 10.1. The maximum atomic E-state index is 3.67. The molecule has 1 unspecified atom stereocenters. The van der Waals surface area contributed by atoms with Crippen molar-refractivity contribution in [3.8, 4) is 0 Å². The van der Waals surface area contributed by atoms with Crippen molar-refractivity contribution in [3.63, 3.8) is 0 Å². The molecule has 1 N–H and O–H groups in total. The molecule has 1 aliphatic carbocycles. The van der Waals surface area contributed by atoms with Crippen LogP contribution in [0, 0.1) is 5.92 Å². The SMILES string of the molecule is CCCNC(CCC)CSCC1CCCC1. The number of thioether (sulfide) groups is 1. The van der Waals surface area contributed by atoms with Crippen molar-refractivity contribution in [2.45, 2.75) is 64.8 Å². The molecule has 1 fully saturated rings. The first kappa shape index (κ1) is 14.4. The Balaban J connectivity index is 2.05. The standard InChI is InChI=1S/C14H29NS/c1-3-7-14(15-10-4-2)12-16-11-13-8-5-6-9-13/h13-15H,3-12H2,1-2H3. The van der Waals surface area contributed by atoms with Crippen molar-refractivity contribution in [1.82, 2.24) is 5.32 Å². The summed E-state index contributed by atoms with van der Waals surface area (Å²) in [5.74, 6) is 3.77. The van der Waals surface area contributed by atoms with Gasteiger partial charge in [0.15, 0.2) is 0 Å². The van der Waals surface area contributed by atoms with Gasteiger partial charge in [-0.25, -0.2) is 0 Å². The van der Waals surface area contributed by atoms with Crippen LogP contribution in [0.1, 0.15) is 58.8 Å². The van der Waals surface area contributed by atoms with Gasteiger partial charge in [-0.15, -0.1) is 0 Å². The van der Waals surface area contributed by atoms with Gasteiger partial charge in [-0.3, -0.25) is 0 Å². The zero-order chi connectivity index (χ0) is 11.6. The summed E-state index contributed by atoms with van der Waals surface area (Å²) in [4.78, 5) is 0. The third kappa shape index (κ3) is 6.15. The fraction of sp³-hybridized carbons (Fsp3) is 1.00. The Kier molecular flexibility index (Phi) is 8.40. The minimum atomic E-state index is 0.761. The molecule has 0 radical (unpaired) electrons. The Bertz CT molecular complexity index is 155. The molecule has 1 saturated carbocycles. The minimum Gasteiger partial charge on any atom is -0.313 e. The average Bonchev–Trinajstić information content (AvgIpc) is 2.79. The van der Waals surface area contributed by atoms with Gasteiger partial charge in [0.05, 0.1) is 0 Å². The predicted octanol–water partition coefficient (Wildman–Crippen LogP) is 4.08. The van der Waals surface area contributed by atoms with Crippen LogP contribution >= 0.6 is 11.8 Å². The first-order valence-corrected chi connectivity index (χ1v) is 8.33. The summed E-state index contributed by atoms with van der Waals surface area (Å²) in [7, 11) is 0. The van der Waals surface area contributed by atoms with Gasteiger partial charge < -0.3 is 5.32 Å².